The van der Waals surface area contributed by atoms with Crippen LogP contribution >= 0.6 is 35.6 Å². The molecule has 2 heterocycles. The van der Waals surface area contributed by atoms with E-state index in [1.807, 2.05) is 13.0 Å². The maximum absolute atomic E-state index is 6.17. The van der Waals surface area contributed by atoms with Crippen molar-refractivity contribution in [2.75, 3.05) is 19.8 Å². The minimum absolute atomic E-state index is 0. The van der Waals surface area contributed by atoms with Gasteiger partial charge in [-0.05, 0) is 37.1 Å². The number of nitrogens with zero attached hydrogens (tertiary/aromatic N) is 2. The van der Waals surface area contributed by atoms with E-state index in [1.54, 1.807) is 12.3 Å². The molecule has 0 saturated carbocycles. The molecule has 1 aromatic heterocycles. The summed E-state index contributed by atoms with van der Waals surface area (Å²) in [6, 6.07) is 9.98. The second-order valence-corrected chi connectivity index (χ2v) is 7.14. The summed E-state index contributed by atoms with van der Waals surface area (Å²) in [4.78, 5) is 8.72. The number of hydrogen-bond donors (Lipinski definition) is 2. The molecule has 1 saturated heterocycles. The Bertz CT molecular complexity index is 796. The first-order valence-corrected chi connectivity index (χ1v) is 9.98. The number of aliphatic imine (C=N–C) groups is 1. The van der Waals surface area contributed by atoms with Gasteiger partial charge in [0.25, 0.3) is 0 Å². The lowest BCUT2D eigenvalue weighted by Gasteiger charge is -2.18. The number of nitrogens with one attached hydrogen (secondary N) is 2. The fourth-order valence-electron chi connectivity index (χ4n) is 2.89. The summed E-state index contributed by atoms with van der Waals surface area (Å²) >= 11 is 5.84. The molecule has 2 aromatic rings. The first-order chi connectivity index (χ1) is 13.6. The highest BCUT2D eigenvalue weighted by Gasteiger charge is 2.18. The van der Waals surface area contributed by atoms with Gasteiger partial charge in [0.1, 0.15) is 17.0 Å². The zero-order valence-electron chi connectivity index (χ0n) is 16.8. The maximum Gasteiger partial charge on any atom is 0.191 e. The van der Waals surface area contributed by atoms with Crippen LogP contribution in [-0.4, -0.2) is 36.8 Å². The normalized spacial score (nSPS) is 16.2. The van der Waals surface area contributed by atoms with Gasteiger partial charge < -0.3 is 20.1 Å². The number of benzene rings is 1. The standard InChI is InChI=1S/C21H27ClN4O2.HI/c1-3-23-21(25-12-16-5-7-20(22)24-11-16)26-13-17-6-4-15(2)10-19(17)28-18-8-9-27-14-18;/h4-7,10-11,18H,3,8-9,12-14H2,1-2H3,(H2,23,25,26);1H. The van der Waals surface area contributed by atoms with Crippen molar-refractivity contribution >= 4 is 41.5 Å². The number of pyridine rings is 1. The first kappa shape index (κ1) is 23.7. The molecular weight excluding hydrogens is 503 g/mol. The van der Waals surface area contributed by atoms with Crippen molar-refractivity contribution in [1.82, 2.24) is 15.6 Å². The van der Waals surface area contributed by atoms with E-state index in [1.165, 1.54) is 5.56 Å². The lowest BCUT2D eigenvalue weighted by atomic mass is 10.1. The molecular formula is C21H28ClIN4O2. The van der Waals surface area contributed by atoms with Gasteiger partial charge in [-0.2, -0.15) is 0 Å². The van der Waals surface area contributed by atoms with E-state index in [-0.39, 0.29) is 30.1 Å². The van der Waals surface area contributed by atoms with Crippen molar-refractivity contribution < 1.29 is 9.47 Å². The summed E-state index contributed by atoms with van der Waals surface area (Å²) in [6.07, 6.45) is 2.80. The van der Waals surface area contributed by atoms with Gasteiger partial charge in [-0.1, -0.05) is 29.8 Å². The molecule has 29 heavy (non-hydrogen) atoms. The fourth-order valence-corrected chi connectivity index (χ4v) is 3.01. The van der Waals surface area contributed by atoms with Crippen LogP contribution in [0.25, 0.3) is 0 Å². The average Bonchev–Trinajstić information content (AvgIpc) is 3.19. The lowest BCUT2D eigenvalue weighted by Crippen LogP contribution is -2.37. The van der Waals surface area contributed by atoms with Gasteiger partial charge >= 0.3 is 0 Å². The van der Waals surface area contributed by atoms with Crippen LogP contribution in [0.5, 0.6) is 5.75 Å². The molecule has 1 aliphatic heterocycles. The number of aromatic nitrogens is 1. The van der Waals surface area contributed by atoms with Crippen molar-refractivity contribution in [3.63, 3.8) is 0 Å². The zero-order valence-corrected chi connectivity index (χ0v) is 19.9. The van der Waals surface area contributed by atoms with Crippen LogP contribution in [0.3, 0.4) is 0 Å². The summed E-state index contributed by atoms with van der Waals surface area (Å²) in [5.41, 5.74) is 3.27. The van der Waals surface area contributed by atoms with Gasteiger partial charge in [-0.15, -0.1) is 24.0 Å². The van der Waals surface area contributed by atoms with E-state index in [0.717, 1.165) is 42.4 Å². The van der Waals surface area contributed by atoms with E-state index >= 15 is 0 Å². The molecule has 0 radical (unpaired) electrons. The van der Waals surface area contributed by atoms with Gasteiger partial charge in [0.15, 0.2) is 5.96 Å². The average molecular weight is 531 g/mol. The summed E-state index contributed by atoms with van der Waals surface area (Å²) in [5.74, 6) is 1.65. The Morgan fingerprint density at radius 2 is 2.17 bits per heavy atom. The predicted molar refractivity (Wildman–Crippen MR) is 127 cm³/mol. The highest BCUT2D eigenvalue weighted by Crippen LogP contribution is 2.23. The van der Waals surface area contributed by atoms with E-state index in [4.69, 9.17) is 21.1 Å². The molecule has 1 atom stereocenters. The number of aryl methyl sites for hydroxylation is 1. The highest BCUT2D eigenvalue weighted by atomic mass is 127. The largest absolute Gasteiger partial charge is 0.488 e. The van der Waals surface area contributed by atoms with Crippen LogP contribution < -0.4 is 15.4 Å². The first-order valence-electron chi connectivity index (χ1n) is 9.60. The van der Waals surface area contributed by atoms with Gasteiger partial charge in [0.2, 0.25) is 0 Å². The number of halogens is 2. The molecule has 1 aliphatic rings. The van der Waals surface area contributed by atoms with Gasteiger partial charge in [0, 0.05) is 31.3 Å². The quantitative estimate of drug-likeness (QED) is 0.244. The molecule has 0 bridgehead atoms. The fraction of sp³-hybridized carbons (Fsp3) is 0.429. The third-order valence-electron chi connectivity index (χ3n) is 4.40. The maximum atomic E-state index is 6.17. The van der Waals surface area contributed by atoms with Crippen LogP contribution in [0.1, 0.15) is 30.0 Å². The molecule has 0 spiro atoms. The van der Waals surface area contributed by atoms with Crippen molar-refractivity contribution in [1.29, 1.82) is 0 Å². The van der Waals surface area contributed by atoms with Gasteiger partial charge in [-0.25, -0.2) is 9.98 Å². The molecule has 8 heteroatoms. The molecule has 0 amide bonds. The summed E-state index contributed by atoms with van der Waals surface area (Å²) in [7, 11) is 0. The Hall–Kier alpha value is -1.58. The number of hydrogen-bond acceptors (Lipinski definition) is 4. The smallest absolute Gasteiger partial charge is 0.191 e. The van der Waals surface area contributed by atoms with Crippen LogP contribution in [0.15, 0.2) is 41.5 Å². The minimum atomic E-state index is 0. The molecule has 2 N–H and O–H groups in total. The van der Waals surface area contributed by atoms with Crippen LogP contribution in [0, 0.1) is 6.92 Å². The predicted octanol–water partition coefficient (Wildman–Crippen LogP) is 4.08. The number of rotatable bonds is 7. The second-order valence-electron chi connectivity index (χ2n) is 6.75. The Morgan fingerprint density at radius 1 is 1.31 bits per heavy atom. The topological polar surface area (TPSA) is 67.8 Å². The van der Waals surface area contributed by atoms with Crippen molar-refractivity contribution in [3.05, 3.63) is 58.4 Å². The van der Waals surface area contributed by atoms with E-state index in [9.17, 15) is 0 Å². The Kier molecular flexibility index (Phi) is 9.96. The Labute approximate surface area is 194 Å². The Balaban J connectivity index is 0.00000300. The molecule has 158 valence electrons. The molecule has 6 nitrogen and oxygen atoms in total. The zero-order chi connectivity index (χ0) is 19.8. The highest BCUT2D eigenvalue weighted by molar-refractivity contribution is 14.0. The summed E-state index contributed by atoms with van der Waals surface area (Å²) in [5, 5.41) is 7.14. The molecule has 0 aliphatic carbocycles. The number of ether oxygens (including phenoxy) is 2. The van der Waals surface area contributed by atoms with Crippen molar-refractivity contribution in [2.24, 2.45) is 4.99 Å². The second kappa shape index (κ2) is 12.2. The van der Waals surface area contributed by atoms with E-state index < -0.39 is 0 Å². The molecule has 1 fully saturated rings. The van der Waals surface area contributed by atoms with Crippen molar-refractivity contribution in [2.45, 2.75) is 39.5 Å². The molecule has 1 aromatic carbocycles. The van der Waals surface area contributed by atoms with E-state index in [2.05, 4.69) is 45.7 Å². The van der Waals surface area contributed by atoms with Crippen LogP contribution in [0.2, 0.25) is 5.15 Å². The number of guanidine groups is 1. The lowest BCUT2D eigenvalue weighted by molar-refractivity contribution is 0.140. The van der Waals surface area contributed by atoms with E-state index in [0.29, 0.717) is 24.8 Å². The molecule has 1 unspecified atom stereocenters. The summed E-state index contributed by atoms with van der Waals surface area (Å²) < 4.78 is 11.6. The Morgan fingerprint density at radius 3 is 2.86 bits per heavy atom. The van der Waals surface area contributed by atoms with Crippen LogP contribution in [0.4, 0.5) is 0 Å². The van der Waals surface area contributed by atoms with Gasteiger partial charge in [-0.3, -0.25) is 0 Å². The van der Waals surface area contributed by atoms with Gasteiger partial charge in [0.05, 0.1) is 19.8 Å². The third-order valence-corrected chi connectivity index (χ3v) is 4.63. The molecule has 3 rings (SSSR count). The van der Waals surface area contributed by atoms with Crippen molar-refractivity contribution in [3.8, 4) is 5.75 Å². The van der Waals surface area contributed by atoms with Crippen LogP contribution in [-0.2, 0) is 17.8 Å². The monoisotopic (exact) mass is 530 g/mol. The third kappa shape index (κ3) is 7.64. The summed E-state index contributed by atoms with van der Waals surface area (Å²) in [6.45, 7) is 7.45. The minimum Gasteiger partial charge on any atom is -0.488 e. The SMILES string of the molecule is CCNC(=NCc1ccc(Cl)nc1)NCc1ccc(C)cc1OC1CCOC1.I.